The number of carbonyl (C=O) groups is 2. The van der Waals surface area contributed by atoms with Crippen molar-refractivity contribution in [2.45, 2.75) is 12.8 Å². The zero-order valence-electron chi connectivity index (χ0n) is 15.4. The van der Waals surface area contributed by atoms with Crippen molar-refractivity contribution >= 4 is 17.5 Å². The number of morpholine rings is 1. The first kappa shape index (κ1) is 18.5. The standard InChI is InChI=1S/C19H27N3O4/c1-25-17-5-3-2-4-16(17)20-8-10-21(11-9-20)18(23)6-7-19(24)22-12-14-26-15-13-22/h2-5H,6-15H2,1H3. The highest BCUT2D eigenvalue weighted by Gasteiger charge is 2.24. The second-order valence-corrected chi connectivity index (χ2v) is 6.53. The predicted octanol–water partition coefficient (Wildman–Crippen LogP) is 0.983. The van der Waals surface area contributed by atoms with Crippen LogP contribution in [-0.2, 0) is 14.3 Å². The number of amides is 2. The van der Waals surface area contributed by atoms with Crippen LogP contribution in [0.5, 0.6) is 5.75 Å². The molecule has 0 N–H and O–H groups in total. The van der Waals surface area contributed by atoms with Crippen molar-refractivity contribution in [3.05, 3.63) is 24.3 Å². The second-order valence-electron chi connectivity index (χ2n) is 6.53. The van der Waals surface area contributed by atoms with Gasteiger partial charge < -0.3 is 24.2 Å². The molecule has 0 unspecified atom stereocenters. The fourth-order valence-corrected chi connectivity index (χ4v) is 3.43. The molecular weight excluding hydrogens is 334 g/mol. The Kier molecular flexibility index (Phi) is 6.33. The zero-order chi connectivity index (χ0) is 18.4. The number of para-hydroxylation sites is 2. The summed E-state index contributed by atoms with van der Waals surface area (Å²) in [5.74, 6) is 0.962. The van der Waals surface area contributed by atoms with Gasteiger partial charge in [0.05, 0.1) is 26.0 Å². The lowest BCUT2D eigenvalue weighted by Gasteiger charge is -2.36. The van der Waals surface area contributed by atoms with Crippen LogP contribution < -0.4 is 9.64 Å². The largest absolute Gasteiger partial charge is 0.495 e. The minimum Gasteiger partial charge on any atom is -0.495 e. The first-order chi connectivity index (χ1) is 12.7. The van der Waals surface area contributed by atoms with E-state index >= 15 is 0 Å². The van der Waals surface area contributed by atoms with Crippen LogP contribution in [-0.4, -0.2) is 81.2 Å². The minimum absolute atomic E-state index is 0.0503. The van der Waals surface area contributed by atoms with E-state index in [1.807, 2.05) is 29.2 Å². The van der Waals surface area contributed by atoms with Crippen LogP contribution in [0.15, 0.2) is 24.3 Å². The normalized spacial score (nSPS) is 18.0. The number of methoxy groups -OCH3 is 1. The quantitative estimate of drug-likeness (QED) is 0.782. The number of piperazine rings is 1. The van der Waals surface area contributed by atoms with E-state index in [1.54, 1.807) is 12.0 Å². The SMILES string of the molecule is COc1ccccc1N1CCN(C(=O)CCC(=O)N2CCOCC2)CC1. The minimum atomic E-state index is 0.0503. The van der Waals surface area contributed by atoms with Gasteiger partial charge in [0.2, 0.25) is 11.8 Å². The number of ether oxygens (including phenoxy) is 2. The summed E-state index contributed by atoms with van der Waals surface area (Å²) >= 11 is 0. The molecule has 2 amide bonds. The van der Waals surface area contributed by atoms with Gasteiger partial charge in [0, 0.05) is 52.1 Å². The summed E-state index contributed by atoms with van der Waals surface area (Å²) in [6.45, 7) is 5.31. The molecule has 2 saturated heterocycles. The van der Waals surface area contributed by atoms with Gasteiger partial charge in [-0.1, -0.05) is 12.1 Å². The molecule has 2 fully saturated rings. The van der Waals surface area contributed by atoms with Gasteiger partial charge in [0.1, 0.15) is 5.75 Å². The molecule has 0 aromatic heterocycles. The summed E-state index contributed by atoms with van der Waals surface area (Å²) in [4.78, 5) is 30.5. The number of rotatable bonds is 5. The van der Waals surface area contributed by atoms with Crippen molar-refractivity contribution in [1.29, 1.82) is 0 Å². The van der Waals surface area contributed by atoms with Gasteiger partial charge in [-0.25, -0.2) is 0 Å². The maximum absolute atomic E-state index is 12.4. The average Bonchev–Trinajstić information content (AvgIpc) is 2.72. The molecule has 2 aliphatic rings. The lowest BCUT2D eigenvalue weighted by atomic mass is 10.2. The monoisotopic (exact) mass is 361 g/mol. The molecule has 0 atom stereocenters. The number of carbonyl (C=O) groups excluding carboxylic acids is 2. The topological polar surface area (TPSA) is 62.3 Å². The first-order valence-corrected chi connectivity index (χ1v) is 9.20. The Hall–Kier alpha value is -2.28. The van der Waals surface area contributed by atoms with Crippen LogP contribution in [0.3, 0.4) is 0 Å². The Morgan fingerprint density at radius 3 is 2.12 bits per heavy atom. The number of anilines is 1. The predicted molar refractivity (Wildman–Crippen MR) is 98.4 cm³/mol. The van der Waals surface area contributed by atoms with Gasteiger partial charge >= 0.3 is 0 Å². The van der Waals surface area contributed by atoms with Crippen molar-refractivity contribution in [3.8, 4) is 5.75 Å². The summed E-state index contributed by atoms with van der Waals surface area (Å²) < 4.78 is 10.7. The Bertz CT molecular complexity index is 623. The zero-order valence-corrected chi connectivity index (χ0v) is 15.4. The highest BCUT2D eigenvalue weighted by molar-refractivity contribution is 5.84. The molecular formula is C19H27N3O4. The average molecular weight is 361 g/mol. The third-order valence-corrected chi connectivity index (χ3v) is 4.97. The van der Waals surface area contributed by atoms with Crippen LogP contribution in [0.25, 0.3) is 0 Å². The van der Waals surface area contributed by atoms with Crippen LogP contribution in [0.4, 0.5) is 5.69 Å². The van der Waals surface area contributed by atoms with Crippen LogP contribution in [0, 0.1) is 0 Å². The van der Waals surface area contributed by atoms with Crippen LogP contribution in [0.1, 0.15) is 12.8 Å². The summed E-state index contributed by atoms with van der Waals surface area (Å²) in [6, 6.07) is 7.93. The molecule has 3 rings (SSSR count). The van der Waals surface area contributed by atoms with Crippen molar-refractivity contribution in [3.63, 3.8) is 0 Å². The number of hydrogen-bond donors (Lipinski definition) is 0. The molecule has 7 heteroatoms. The van der Waals surface area contributed by atoms with E-state index < -0.39 is 0 Å². The van der Waals surface area contributed by atoms with Gasteiger partial charge in [-0.3, -0.25) is 9.59 Å². The third-order valence-electron chi connectivity index (χ3n) is 4.97. The lowest BCUT2D eigenvalue weighted by molar-refractivity contribution is -0.139. The van der Waals surface area contributed by atoms with E-state index in [9.17, 15) is 9.59 Å². The molecule has 26 heavy (non-hydrogen) atoms. The molecule has 0 saturated carbocycles. The number of hydrogen-bond acceptors (Lipinski definition) is 5. The molecule has 0 spiro atoms. The smallest absolute Gasteiger partial charge is 0.223 e. The van der Waals surface area contributed by atoms with E-state index in [0.29, 0.717) is 39.4 Å². The fraction of sp³-hybridized carbons (Fsp3) is 0.579. The van der Waals surface area contributed by atoms with Gasteiger partial charge in [0.15, 0.2) is 0 Å². The molecule has 7 nitrogen and oxygen atoms in total. The fourth-order valence-electron chi connectivity index (χ4n) is 3.43. The molecule has 0 radical (unpaired) electrons. The molecule has 2 aliphatic heterocycles. The summed E-state index contributed by atoms with van der Waals surface area (Å²) in [7, 11) is 1.67. The van der Waals surface area contributed by atoms with Gasteiger partial charge in [-0.2, -0.15) is 0 Å². The Labute approximate surface area is 154 Å². The van der Waals surface area contributed by atoms with Crippen molar-refractivity contribution in [2.24, 2.45) is 0 Å². The molecule has 1 aromatic rings. The van der Waals surface area contributed by atoms with Crippen LogP contribution in [0.2, 0.25) is 0 Å². The highest BCUT2D eigenvalue weighted by Crippen LogP contribution is 2.28. The summed E-state index contributed by atoms with van der Waals surface area (Å²) in [5, 5.41) is 0. The molecule has 2 heterocycles. The Morgan fingerprint density at radius 2 is 1.50 bits per heavy atom. The number of benzene rings is 1. The summed E-state index contributed by atoms with van der Waals surface area (Å²) in [5.41, 5.74) is 1.06. The summed E-state index contributed by atoms with van der Waals surface area (Å²) in [6.07, 6.45) is 0.566. The maximum Gasteiger partial charge on any atom is 0.223 e. The molecule has 1 aromatic carbocycles. The highest BCUT2D eigenvalue weighted by atomic mass is 16.5. The van der Waals surface area contributed by atoms with E-state index in [-0.39, 0.29) is 24.7 Å². The maximum atomic E-state index is 12.4. The van der Waals surface area contributed by atoms with Crippen molar-refractivity contribution in [1.82, 2.24) is 9.80 Å². The van der Waals surface area contributed by atoms with E-state index in [4.69, 9.17) is 9.47 Å². The van der Waals surface area contributed by atoms with Crippen LogP contribution >= 0.6 is 0 Å². The second kappa shape index (κ2) is 8.89. The van der Waals surface area contributed by atoms with E-state index in [2.05, 4.69) is 4.90 Å². The first-order valence-electron chi connectivity index (χ1n) is 9.20. The lowest BCUT2D eigenvalue weighted by Crippen LogP contribution is -2.49. The van der Waals surface area contributed by atoms with Crippen molar-refractivity contribution in [2.75, 3.05) is 64.5 Å². The van der Waals surface area contributed by atoms with Gasteiger partial charge in [-0.05, 0) is 12.1 Å². The molecule has 0 aliphatic carbocycles. The molecule has 0 bridgehead atoms. The number of nitrogens with zero attached hydrogens (tertiary/aromatic N) is 3. The molecule has 142 valence electrons. The van der Waals surface area contributed by atoms with E-state index in [0.717, 1.165) is 24.5 Å². The van der Waals surface area contributed by atoms with E-state index in [1.165, 1.54) is 0 Å². The van der Waals surface area contributed by atoms with Gasteiger partial charge in [-0.15, -0.1) is 0 Å². The van der Waals surface area contributed by atoms with Gasteiger partial charge in [0.25, 0.3) is 0 Å². The third kappa shape index (κ3) is 4.46. The van der Waals surface area contributed by atoms with Crippen molar-refractivity contribution < 1.29 is 19.1 Å². The Balaban J connectivity index is 1.45. The Morgan fingerprint density at radius 1 is 0.923 bits per heavy atom.